The summed E-state index contributed by atoms with van der Waals surface area (Å²) in [5.74, 6) is -0.738. The summed E-state index contributed by atoms with van der Waals surface area (Å²) >= 11 is 0. The van der Waals surface area contributed by atoms with Crippen LogP contribution in [0, 0.1) is 0 Å². The molecule has 7 heteroatoms. The number of hydrogen-bond donors (Lipinski definition) is 1. The molecule has 2 atom stereocenters. The van der Waals surface area contributed by atoms with E-state index in [1.165, 1.54) is 0 Å². The van der Waals surface area contributed by atoms with Gasteiger partial charge in [-0.25, -0.2) is 8.42 Å². The number of nitrogens with zero attached hydrogens (tertiary/aromatic N) is 1. The lowest BCUT2D eigenvalue weighted by Crippen LogP contribution is -2.49. The van der Waals surface area contributed by atoms with Gasteiger partial charge in [-0.15, -0.1) is 0 Å². The van der Waals surface area contributed by atoms with E-state index in [2.05, 4.69) is 0 Å². The molecule has 106 valence electrons. The number of aliphatic hydroxyl groups is 1. The molecule has 6 nitrogen and oxygen atoms in total. The Labute approximate surface area is 108 Å². The quantitative estimate of drug-likeness (QED) is 0.678. The fourth-order valence-electron chi connectivity index (χ4n) is 2.17. The highest BCUT2D eigenvalue weighted by Gasteiger charge is 2.41. The fourth-order valence-corrected chi connectivity index (χ4v) is 3.98. The molecule has 1 fully saturated rings. The van der Waals surface area contributed by atoms with Crippen LogP contribution in [0.4, 0.5) is 0 Å². The van der Waals surface area contributed by atoms with Gasteiger partial charge in [-0.3, -0.25) is 9.69 Å². The molecular weight excluding hydrogens is 258 g/mol. The molecule has 1 N–H and O–H groups in total. The Morgan fingerprint density at radius 3 is 2.44 bits per heavy atom. The molecule has 0 aliphatic carbocycles. The molecule has 0 spiro atoms. The van der Waals surface area contributed by atoms with E-state index in [0.29, 0.717) is 0 Å². The Kier molecular flexibility index (Phi) is 5.12. The second kappa shape index (κ2) is 5.99. The van der Waals surface area contributed by atoms with Gasteiger partial charge < -0.3 is 9.84 Å². The minimum absolute atomic E-state index is 0.00273. The first-order valence-corrected chi connectivity index (χ1v) is 7.88. The van der Waals surface area contributed by atoms with Gasteiger partial charge in [0.25, 0.3) is 0 Å². The molecule has 0 radical (unpaired) electrons. The first-order valence-electron chi connectivity index (χ1n) is 6.06. The zero-order valence-corrected chi connectivity index (χ0v) is 11.8. The summed E-state index contributed by atoms with van der Waals surface area (Å²) in [5, 5.41) is 9.81. The van der Waals surface area contributed by atoms with Crippen molar-refractivity contribution in [1.29, 1.82) is 0 Å². The van der Waals surface area contributed by atoms with Crippen molar-refractivity contribution in [2.75, 3.05) is 24.7 Å². The van der Waals surface area contributed by atoms with Crippen molar-refractivity contribution in [3.63, 3.8) is 0 Å². The largest absolute Gasteiger partial charge is 0.465 e. The topological polar surface area (TPSA) is 83.9 Å². The van der Waals surface area contributed by atoms with Crippen LogP contribution in [0.5, 0.6) is 0 Å². The van der Waals surface area contributed by atoms with Crippen molar-refractivity contribution >= 4 is 15.8 Å². The summed E-state index contributed by atoms with van der Waals surface area (Å²) in [6, 6.07) is -0.568. The zero-order chi connectivity index (χ0) is 13.9. The third-order valence-corrected chi connectivity index (χ3v) is 4.70. The molecule has 1 aliphatic rings. The number of sulfone groups is 1. The zero-order valence-electron chi connectivity index (χ0n) is 11.0. The fraction of sp³-hybridized carbons (Fsp3) is 0.909. The number of carbonyl (C=O) groups excluding carboxylic acids is 1. The lowest BCUT2D eigenvalue weighted by molar-refractivity contribution is -0.146. The SMILES string of the molecule is CCOC(=O)CN(C(C)C)C1CS(=O)(=O)CC1O. The van der Waals surface area contributed by atoms with E-state index < -0.39 is 28.0 Å². The first kappa shape index (κ1) is 15.4. The molecule has 1 aliphatic heterocycles. The van der Waals surface area contributed by atoms with E-state index in [1.54, 1.807) is 11.8 Å². The number of rotatable bonds is 5. The Morgan fingerprint density at radius 1 is 1.44 bits per heavy atom. The molecule has 0 aromatic heterocycles. The second-order valence-corrected chi connectivity index (χ2v) is 6.94. The molecule has 0 saturated carbocycles. The molecule has 0 amide bonds. The van der Waals surface area contributed by atoms with Crippen molar-refractivity contribution < 1.29 is 23.1 Å². The Bertz CT molecular complexity index is 392. The van der Waals surface area contributed by atoms with Gasteiger partial charge in [0, 0.05) is 6.04 Å². The van der Waals surface area contributed by atoms with Gasteiger partial charge >= 0.3 is 5.97 Å². The summed E-state index contributed by atoms with van der Waals surface area (Å²) in [4.78, 5) is 13.2. The maximum absolute atomic E-state index is 11.5. The average Bonchev–Trinajstić information content (AvgIpc) is 2.48. The lowest BCUT2D eigenvalue weighted by Gasteiger charge is -2.32. The molecule has 2 unspecified atom stereocenters. The number of esters is 1. The highest BCUT2D eigenvalue weighted by molar-refractivity contribution is 7.91. The number of ether oxygens (including phenoxy) is 1. The molecule has 1 rings (SSSR count). The van der Waals surface area contributed by atoms with Crippen molar-refractivity contribution in [3.05, 3.63) is 0 Å². The van der Waals surface area contributed by atoms with Crippen LogP contribution in [-0.4, -0.2) is 67.2 Å². The van der Waals surface area contributed by atoms with Gasteiger partial charge in [0.1, 0.15) is 0 Å². The van der Waals surface area contributed by atoms with Crippen molar-refractivity contribution in [1.82, 2.24) is 4.90 Å². The van der Waals surface area contributed by atoms with Crippen molar-refractivity contribution in [3.8, 4) is 0 Å². The van der Waals surface area contributed by atoms with Crippen LogP contribution in [0.3, 0.4) is 0 Å². The normalized spacial score (nSPS) is 26.8. The molecule has 0 aromatic carbocycles. The van der Waals surface area contributed by atoms with E-state index in [-0.39, 0.29) is 30.7 Å². The standard InChI is InChI=1S/C11H21NO5S/c1-4-17-11(14)5-12(8(2)3)9-6-18(15,16)7-10(9)13/h8-10,13H,4-7H2,1-3H3. The van der Waals surface area contributed by atoms with Gasteiger partial charge in [-0.2, -0.15) is 0 Å². The van der Waals surface area contributed by atoms with E-state index in [9.17, 15) is 18.3 Å². The van der Waals surface area contributed by atoms with Gasteiger partial charge in [-0.05, 0) is 20.8 Å². The van der Waals surface area contributed by atoms with E-state index in [0.717, 1.165) is 0 Å². The van der Waals surface area contributed by atoms with Gasteiger partial charge in [0.05, 0.1) is 36.8 Å². The van der Waals surface area contributed by atoms with Gasteiger partial charge in [0.15, 0.2) is 9.84 Å². The van der Waals surface area contributed by atoms with Crippen LogP contribution in [0.1, 0.15) is 20.8 Å². The van der Waals surface area contributed by atoms with Crippen LogP contribution in [-0.2, 0) is 19.4 Å². The maximum atomic E-state index is 11.5. The predicted molar refractivity (Wildman–Crippen MR) is 66.9 cm³/mol. The summed E-state index contributed by atoms with van der Waals surface area (Å²) in [6.07, 6.45) is -0.938. The third kappa shape index (κ3) is 3.93. The lowest BCUT2D eigenvalue weighted by atomic mass is 10.1. The number of aliphatic hydroxyl groups excluding tert-OH is 1. The molecule has 0 aromatic rings. The summed E-state index contributed by atoms with van der Waals surface area (Å²) in [7, 11) is -3.22. The van der Waals surface area contributed by atoms with Crippen molar-refractivity contribution in [2.24, 2.45) is 0 Å². The van der Waals surface area contributed by atoms with E-state index >= 15 is 0 Å². The van der Waals surface area contributed by atoms with E-state index in [4.69, 9.17) is 4.74 Å². The maximum Gasteiger partial charge on any atom is 0.320 e. The Morgan fingerprint density at radius 2 is 2.06 bits per heavy atom. The van der Waals surface area contributed by atoms with Crippen molar-refractivity contribution in [2.45, 2.75) is 39.0 Å². The molecule has 0 bridgehead atoms. The molecular formula is C11H21NO5S. The van der Waals surface area contributed by atoms with E-state index in [1.807, 2.05) is 13.8 Å². The van der Waals surface area contributed by atoms with Crippen LogP contribution in [0.2, 0.25) is 0 Å². The Hall–Kier alpha value is -0.660. The smallest absolute Gasteiger partial charge is 0.320 e. The second-order valence-electron chi connectivity index (χ2n) is 4.78. The molecule has 1 saturated heterocycles. The van der Waals surface area contributed by atoms with Crippen LogP contribution < -0.4 is 0 Å². The number of hydrogen-bond acceptors (Lipinski definition) is 6. The highest BCUT2D eigenvalue weighted by Crippen LogP contribution is 2.20. The third-order valence-electron chi connectivity index (χ3n) is 3.00. The summed E-state index contributed by atoms with van der Waals surface area (Å²) in [6.45, 7) is 5.72. The highest BCUT2D eigenvalue weighted by atomic mass is 32.2. The monoisotopic (exact) mass is 279 g/mol. The van der Waals surface area contributed by atoms with Crippen LogP contribution in [0.15, 0.2) is 0 Å². The Balaban J connectivity index is 2.77. The molecule has 18 heavy (non-hydrogen) atoms. The minimum Gasteiger partial charge on any atom is -0.465 e. The summed E-state index contributed by atoms with van der Waals surface area (Å²) in [5.41, 5.74) is 0. The first-order chi connectivity index (χ1) is 8.26. The number of carbonyl (C=O) groups is 1. The van der Waals surface area contributed by atoms with Gasteiger partial charge in [0.2, 0.25) is 0 Å². The summed E-state index contributed by atoms with van der Waals surface area (Å²) < 4.78 is 27.8. The average molecular weight is 279 g/mol. The van der Waals surface area contributed by atoms with Crippen LogP contribution >= 0.6 is 0 Å². The predicted octanol–water partition coefficient (Wildman–Crippen LogP) is -0.582. The van der Waals surface area contributed by atoms with Crippen LogP contribution in [0.25, 0.3) is 0 Å². The molecule has 1 heterocycles. The minimum atomic E-state index is -3.22. The van der Waals surface area contributed by atoms with Gasteiger partial charge in [-0.1, -0.05) is 0 Å².